The predicted molar refractivity (Wildman–Crippen MR) is 121 cm³/mol. The number of hydrogen-bond donors (Lipinski definition) is 0. The minimum Gasteiger partial charge on any atom is -0.483 e. The third-order valence-corrected chi connectivity index (χ3v) is 5.34. The van der Waals surface area contributed by atoms with Crippen molar-refractivity contribution in [3.05, 3.63) is 106 Å². The summed E-state index contributed by atoms with van der Waals surface area (Å²) in [7, 11) is 2.06. The molecule has 4 heteroatoms. The van der Waals surface area contributed by atoms with Crippen LogP contribution in [0.5, 0.6) is 0 Å². The maximum atomic E-state index is 9.39. The zero-order valence-corrected chi connectivity index (χ0v) is 17.6. The summed E-state index contributed by atoms with van der Waals surface area (Å²) in [6.45, 7) is 12.4. The van der Waals surface area contributed by atoms with E-state index in [0.717, 1.165) is 17.7 Å². The van der Waals surface area contributed by atoms with E-state index in [1.54, 1.807) is 6.08 Å². The predicted octanol–water partition coefficient (Wildman–Crippen LogP) is 6.07. The van der Waals surface area contributed by atoms with Gasteiger partial charge in [0.1, 0.15) is 11.4 Å². The minimum atomic E-state index is -0.647. The average molecular weight is 396 g/mol. The van der Waals surface area contributed by atoms with E-state index in [0.29, 0.717) is 17.8 Å². The fourth-order valence-corrected chi connectivity index (χ4v) is 3.47. The maximum Gasteiger partial charge on any atom is 0.265 e. The molecular weight excluding hydrogens is 370 g/mol. The van der Waals surface area contributed by atoms with Gasteiger partial charge < -0.3 is 9.64 Å². The maximum absolute atomic E-state index is 9.39. The SMILES string of the molecule is [C-]#[N+]C(C#N)=C1C=C(C=Cc2ccc(N(C)CC)cc2)OC(C)(c2ccccc2)C1. The van der Waals surface area contributed by atoms with Crippen molar-refractivity contribution in [2.24, 2.45) is 0 Å². The molecule has 0 spiro atoms. The van der Waals surface area contributed by atoms with E-state index in [2.05, 4.69) is 48.0 Å². The molecule has 2 aromatic carbocycles. The van der Waals surface area contributed by atoms with Crippen molar-refractivity contribution in [1.82, 2.24) is 0 Å². The van der Waals surface area contributed by atoms with Crippen LogP contribution in [0.4, 0.5) is 5.69 Å². The lowest BCUT2D eigenvalue weighted by molar-refractivity contribution is 0.0143. The Labute approximate surface area is 178 Å². The van der Waals surface area contributed by atoms with Gasteiger partial charge in [-0.3, -0.25) is 0 Å². The number of rotatable bonds is 5. The van der Waals surface area contributed by atoms with Crippen molar-refractivity contribution in [2.45, 2.75) is 25.9 Å². The highest BCUT2D eigenvalue weighted by Gasteiger charge is 2.34. The Balaban J connectivity index is 1.94. The summed E-state index contributed by atoms with van der Waals surface area (Å²) in [5.41, 5.74) is 3.39. The molecule has 3 rings (SSSR count). The first-order chi connectivity index (χ1) is 14.5. The molecule has 0 radical (unpaired) electrons. The van der Waals surface area contributed by atoms with Crippen molar-refractivity contribution in [3.8, 4) is 6.07 Å². The van der Waals surface area contributed by atoms with Crippen LogP contribution >= 0.6 is 0 Å². The van der Waals surface area contributed by atoms with Gasteiger partial charge in [0, 0.05) is 25.7 Å². The van der Waals surface area contributed by atoms with Gasteiger partial charge in [-0.15, -0.1) is 0 Å². The molecule has 4 nitrogen and oxygen atoms in total. The molecule has 0 aliphatic carbocycles. The Morgan fingerprint density at radius 2 is 1.90 bits per heavy atom. The number of nitriles is 1. The summed E-state index contributed by atoms with van der Waals surface area (Å²) in [6, 6.07) is 20.2. The lowest BCUT2D eigenvalue weighted by Crippen LogP contribution is -2.29. The largest absolute Gasteiger partial charge is 0.483 e. The van der Waals surface area contributed by atoms with Crippen LogP contribution in [0, 0.1) is 17.9 Å². The first-order valence-corrected chi connectivity index (χ1v) is 9.95. The van der Waals surface area contributed by atoms with Gasteiger partial charge in [-0.1, -0.05) is 48.5 Å². The van der Waals surface area contributed by atoms with Crippen LogP contribution in [-0.4, -0.2) is 13.6 Å². The highest BCUT2D eigenvalue weighted by Crippen LogP contribution is 2.40. The highest BCUT2D eigenvalue weighted by atomic mass is 16.5. The summed E-state index contributed by atoms with van der Waals surface area (Å²) in [5, 5.41) is 9.39. The van der Waals surface area contributed by atoms with E-state index in [1.165, 1.54) is 5.69 Å². The Kier molecular flexibility index (Phi) is 6.40. The summed E-state index contributed by atoms with van der Waals surface area (Å²) in [6.07, 6.45) is 6.16. The molecule has 1 heterocycles. The molecular formula is C26H25N3O. The van der Waals surface area contributed by atoms with Crippen LogP contribution < -0.4 is 4.90 Å². The monoisotopic (exact) mass is 395 g/mol. The first kappa shape index (κ1) is 21.0. The molecule has 1 aliphatic heterocycles. The van der Waals surface area contributed by atoms with Gasteiger partial charge in [-0.05, 0) is 54.8 Å². The van der Waals surface area contributed by atoms with Crippen LogP contribution in [0.2, 0.25) is 0 Å². The third kappa shape index (κ3) is 4.62. The fraction of sp³-hybridized carbons (Fsp3) is 0.231. The van der Waals surface area contributed by atoms with Crippen molar-refractivity contribution in [2.75, 3.05) is 18.5 Å². The van der Waals surface area contributed by atoms with Crippen molar-refractivity contribution < 1.29 is 4.74 Å². The van der Waals surface area contributed by atoms with Gasteiger partial charge in [0.05, 0.1) is 12.6 Å². The van der Waals surface area contributed by atoms with Crippen LogP contribution in [0.3, 0.4) is 0 Å². The number of ether oxygens (including phenoxy) is 1. The molecule has 1 unspecified atom stereocenters. The second-order valence-corrected chi connectivity index (χ2v) is 7.46. The first-order valence-electron chi connectivity index (χ1n) is 9.95. The smallest absolute Gasteiger partial charge is 0.265 e. The molecule has 0 aromatic heterocycles. The molecule has 1 aliphatic rings. The zero-order chi connectivity index (χ0) is 21.6. The Bertz CT molecular complexity index is 1050. The number of benzene rings is 2. The van der Waals surface area contributed by atoms with Crippen LogP contribution in [-0.2, 0) is 10.3 Å². The summed E-state index contributed by atoms with van der Waals surface area (Å²) in [5.74, 6) is 0.633. The normalized spacial score (nSPS) is 20.0. The average Bonchev–Trinajstić information content (AvgIpc) is 2.79. The molecule has 30 heavy (non-hydrogen) atoms. The number of anilines is 1. The summed E-state index contributed by atoms with van der Waals surface area (Å²) < 4.78 is 6.35. The quantitative estimate of drug-likeness (QED) is 0.455. The summed E-state index contributed by atoms with van der Waals surface area (Å²) in [4.78, 5) is 5.59. The molecule has 0 fully saturated rings. The molecule has 0 saturated heterocycles. The molecule has 0 amide bonds. The molecule has 0 saturated carbocycles. The van der Waals surface area contributed by atoms with Gasteiger partial charge in [0.15, 0.2) is 0 Å². The van der Waals surface area contributed by atoms with E-state index < -0.39 is 5.60 Å². The molecule has 0 N–H and O–H groups in total. The Morgan fingerprint density at radius 3 is 2.50 bits per heavy atom. The fourth-order valence-electron chi connectivity index (χ4n) is 3.47. The second-order valence-electron chi connectivity index (χ2n) is 7.46. The minimum absolute atomic E-state index is 0.110. The van der Waals surface area contributed by atoms with Crippen LogP contribution in [0.15, 0.2) is 83.8 Å². The van der Waals surface area contributed by atoms with E-state index >= 15 is 0 Å². The topological polar surface area (TPSA) is 40.6 Å². The van der Waals surface area contributed by atoms with E-state index in [1.807, 2.05) is 55.5 Å². The van der Waals surface area contributed by atoms with Gasteiger partial charge in [-0.25, -0.2) is 10.1 Å². The third-order valence-electron chi connectivity index (χ3n) is 5.34. The number of allylic oxidation sites excluding steroid dienone is 3. The van der Waals surface area contributed by atoms with Crippen molar-refractivity contribution in [1.29, 1.82) is 5.26 Å². The van der Waals surface area contributed by atoms with E-state index in [4.69, 9.17) is 11.3 Å². The lowest BCUT2D eigenvalue weighted by Gasteiger charge is -2.36. The molecule has 150 valence electrons. The van der Waals surface area contributed by atoms with Gasteiger partial charge >= 0.3 is 0 Å². The molecule has 2 aromatic rings. The highest BCUT2D eigenvalue weighted by molar-refractivity contribution is 5.58. The molecule has 1 atom stereocenters. The second kappa shape index (κ2) is 9.16. The Morgan fingerprint density at radius 1 is 1.20 bits per heavy atom. The Hall–Kier alpha value is -3.76. The van der Waals surface area contributed by atoms with Crippen molar-refractivity contribution in [3.63, 3.8) is 0 Å². The van der Waals surface area contributed by atoms with Crippen LogP contribution in [0.1, 0.15) is 31.4 Å². The van der Waals surface area contributed by atoms with E-state index in [-0.39, 0.29) is 5.70 Å². The standard InChI is InChI=1S/C26H25N3O/c1-5-29(4)23-14-11-20(12-15-23)13-16-24-17-21(25(19-27)28-3)18-26(2,30-24)22-9-7-6-8-10-22/h6-17H,5,18H2,1-2,4H3. The summed E-state index contributed by atoms with van der Waals surface area (Å²) >= 11 is 0. The van der Waals surface area contributed by atoms with Gasteiger partial charge in [0.2, 0.25) is 0 Å². The van der Waals surface area contributed by atoms with Gasteiger partial charge in [0.25, 0.3) is 5.70 Å². The zero-order valence-electron chi connectivity index (χ0n) is 17.6. The van der Waals surface area contributed by atoms with Crippen LogP contribution in [0.25, 0.3) is 10.9 Å². The van der Waals surface area contributed by atoms with Gasteiger partial charge in [-0.2, -0.15) is 0 Å². The van der Waals surface area contributed by atoms with E-state index in [9.17, 15) is 5.26 Å². The number of hydrogen-bond acceptors (Lipinski definition) is 3. The van der Waals surface area contributed by atoms with Crippen molar-refractivity contribution >= 4 is 11.8 Å². The number of nitrogens with zero attached hydrogens (tertiary/aromatic N) is 3. The lowest BCUT2D eigenvalue weighted by atomic mass is 9.85. The molecule has 0 bridgehead atoms.